The molecule has 46 heavy (non-hydrogen) atoms. The van der Waals surface area contributed by atoms with Crippen LogP contribution in [0.15, 0.2) is 176 Å². The highest BCUT2D eigenvalue weighted by atomic mass is 32.1. The molecule has 0 bridgehead atoms. The van der Waals surface area contributed by atoms with Crippen molar-refractivity contribution in [2.75, 3.05) is 4.90 Å². The molecule has 0 saturated carbocycles. The summed E-state index contributed by atoms with van der Waals surface area (Å²) < 4.78 is 2.62. The molecule has 0 saturated heterocycles. The molecule has 0 aliphatic carbocycles. The van der Waals surface area contributed by atoms with Gasteiger partial charge in [-0.2, -0.15) is 0 Å². The second kappa shape index (κ2) is 11.0. The molecule has 0 amide bonds. The van der Waals surface area contributed by atoms with Gasteiger partial charge in [-0.3, -0.25) is 0 Å². The molecule has 9 aromatic rings. The van der Waals surface area contributed by atoms with Crippen LogP contribution in [-0.4, -0.2) is 0 Å². The van der Waals surface area contributed by atoms with E-state index in [0.717, 1.165) is 17.1 Å². The van der Waals surface area contributed by atoms with Crippen molar-refractivity contribution < 1.29 is 0 Å². The van der Waals surface area contributed by atoms with Crippen molar-refractivity contribution in [3.63, 3.8) is 0 Å². The van der Waals surface area contributed by atoms with E-state index in [1.54, 1.807) is 0 Å². The number of hydrogen-bond acceptors (Lipinski definition) is 2. The van der Waals surface area contributed by atoms with Crippen LogP contribution in [0, 0.1) is 0 Å². The molecule has 216 valence electrons. The first-order valence-electron chi connectivity index (χ1n) is 15.7. The van der Waals surface area contributed by atoms with Gasteiger partial charge in [-0.15, -0.1) is 11.3 Å². The van der Waals surface area contributed by atoms with Crippen molar-refractivity contribution in [1.29, 1.82) is 0 Å². The fourth-order valence-corrected chi connectivity index (χ4v) is 7.90. The highest BCUT2D eigenvalue weighted by Gasteiger charge is 2.18. The minimum absolute atomic E-state index is 1.13. The Labute approximate surface area is 272 Å². The summed E-state index contributed by atoms with van der Waals surface area (Å²) in [5, 5.41) is 7.57. The second-order valence-electron chi connectivity index (χ2n) is 11.8. The van der Waals surface area contributed by atoms with Gasteiger partial charge in [0.05, 0.1) is 5.69 Å². The van der Waals surface area contributed by atoms with E-state index in [0.29, 0.717) is 0 Å². The van der Waals surface area contributed by atoms with Crippen LogP contribution in [-0.2, 0) is 0 Å². The molecule has 9 rings (SSSR count). The Morgan fingerprint density at radius 1 is 0.348 bits per heavy atom. The zero-order valence-corrected chi connectivity index (χ0v) is 25.9. The first-order chi connectivity index (χ1) is 22.8. The van der Waals surface area contributed by atoms with Gasteiger partial charge < -0.3 is 4.90 Å². The fourth-order valence-electron chi connectivity index (χ4n) is 6.81. The summed E-state index contributed by atoms with van der Waals surface area (Å²) in [4.78, 5) is 2.42. The zero-order valence-electron chi connectivity index (χ0n) is 25.1. The summed E-state index contributed by atoms with van der Waals surface area (Å²) in [6, 6.07) is 64.0. The molecule has 0 spiro atoms. The molecule has 0 atom stereocenters. The summed E-state index contributed by atoms with van der Waals surface area (Å²) in [5.74, 6) is 0. The standard InChI is InChI=1S/C44H29NS/c1-2-10-30(11-3-1)32-22-24-35(25-23-32)45(36-26-27-44-41(29-36)40-14-6-7-19-43(40)46-44)42-18-9-16-38-37(15-8-17-39(38)42)34-21-20-31-12-4-5-13-33(31)28-34/h1-29H. The van der Waals surface area contributed by atoms with Crippen LogP contribution in [0.1, 0.15) is 0 Å². The lowest BCUT2D eigenvalue weighted by molar-refractivity contribution is 1.30. The topological polar surface area (TPSA) is 3.24 Å². The SMILES string of the molecule is c1ccc(-c2ccc(N(c3ccc4sc5ccccc5c4c3)c3cccc4c(-c5ccc6ccccc6c5)cccc34)cc2)cc1. The molecule has 0 radical (unpaired) electrons. The van der Waals surface area contributed by atoms with Crippen LogP contribution >= 0.6 is 11.3 Å². The van der Waals surface area contributed by atoms with E-state index in [9.17, 15) is 0 Å². The number of nitrogens with zero attached hydrogens (tertiary/aromatic N) is 1. The number of benzene rings is 8. The largest absolute Gasteiger partial charge is 0.310 e. The lowest BCUT2D eigenvalue weighted by atomic mass is 9.95. The Kier molecular flexibility index (Phi) is 6.40. The van der Waals surface area contributed by atoms with Gasteiger partial charge in [0.15, 0.2) is 0 Å². The maximum absolute atomic E-state index is 2.42. The molecule has 1 heterocycles. The van der Waals surface area contributed by atoms with Crippen molar-refractivity contribution in [2.24, 2.45) is 0 Å². The average molecular weight is 604 g/mol. The molecule has 0 N–H and O–H groups in total. The van der Waals surface area contributed by atoms with Gasteiger partial charge in [0.1, 0.15) is 0 Å². The summed E-state index contributed by atoms with van der Waals surface area (Å²) in [6.07, 6.45) is 0. The number of fused-ring (bicyclic) bond motifs is 5. The molecular weight excluding hydrogens is 575 g/mol. The van der Waals surface area contributed by atoms with Crippen molar-refractivity contribution in [1.82, 2.24) is 0 Å². The number of hydrogen-bond donors (Lipinski definition) is 0. The molecule has 0 aliphatic heterocycles. The van der Waals surface area contributed by atoms with Gasteiger partial charge in [-0.25, -0.2) is 0 Å². The molecule has 0 fully saturated rings. The van der Waals surface area contributed by atoms with E-state index in [4.69, 9.17) is 0 Å². The van der Waals surface area contributed by atoms with E-state index < -0.39 is 0 Å². The Bertz CT molecular complexity index is 2530. The van der Waals surface area contributed by atoms with Crippen molar-refractivity contribution >= 4 is 70.1 Å². The first kappa shape index (κ1) is 26.7. The fraction of sp³-hybridized carbons (Fsp3) is 0. The lowest BCUT2D eigenvalue weighted by Crippen LogP contribution is -2.10. The van der Waals surface area contributed by atoms with Crippen LogP contribution in [0.25, 0.3) is 64.0 Å². The average Bonchev–Trinajstić information content (AvgIpc) is 3.50. The predicted octanol–water partition coefficient (Wildman–Crippen LogP) is 13.2. The van der Waals surface area contributed by atoms with E-state index in [-0.39, 0.29) is 0 Å². The third-order valence-corrected chi connectivity index (χ3v) is 10.2. The van der Waals surface area contributed by atoms with E-state index in [1.165, 1.54) is 64.0 Å². The summed E-state index contributed by atoms with van der Waals surface area (Å²) in [7, 11) is 0. The molecular formula is C44H29NS. The minimum atomic E-state index is 1.13. The Balaban J connectivity index is 1.25. The highest BCUT2D eigenvalue weighted by Crippen LogP contribution is 2.44. The van der Waals surface area contributed by atoms with Crippen molar-refractivity contribution in [3.05, 3.63) is 176 Å². The molecule has 1 nitrogen and oxygen atoms in total. The molecule has 0 unspecified atom stereocenters. The van der Waals surface area contributed by atoms with Gasteiger partial charge in [-0.1, -0.05) is 127 Å². The molecule has 1 aromatic heterocycles. The van der Waals surface area contributed by atoms with Gasteiger partial charge in [0.25, 0.3) is 0 Å². The van der Waals surface area contributed by atoms with Crippen LogP contribution < -0.4 is 4.90 Å². The quantitative estimate of drug-likeness (QED) is 0.189. The van der Waals surface area contributed by atoms with Gasteiger partial charge in [0, 0.05) is 36.9 Å². The monoisotopic (exact) mass is 603 g/mol. The maximum Gasteiger partial charge on any atom is 0.0540 e. The number of thiophene rings is 1. The lowest BCUT2D eigenvalue weighted by Gasteiger charge is -2.27. The number of rotatable bonds is 5. The Hall–Kier alpha value is -5.70. The minimum Gasteiger partial charge on any atom is -0.310 e. The molecule has 8 aromatic carbocycles. The smallest absolute Gasteiger partial charge is 0.0540 e. The summed E-state index contributed by atoms with van der Waals surface area (Å²) in [6.45, 7) is 0. The first-order valence-corrected chi connectivity index (χ1v) is 16.5. The van der Waals surface area contributed by atoms with Crippen LogP contribution in [0.4, 0.5) is 17.1 Å². The maximum atomic E-state index is 2.42. The predicted molar refractivity (Wildman–Crippen MR) is 200 cm³/mol. The van der Waals surface area contributed by atoms with Gasteiger partial charge >= 0.3 is 0 Å². The van der Waals surface area contributed by atoms with Crippen molar-refractivity contribution in [2.45, 2.75) is 0 Å². The molecule has 2 heteroatoms. The van der Waals surface area contributed by atoms with Crippen LogP contribution in [0.2, 0.25) is 0 Å². The summed E-state index contributed by atoms with van der Waals surface area (Å²) >= 11 is 1.86. The van der Waals surface area contributed by atoms with Gasteiger partial charge in [0.2, 0.25) is 0 Å². The third kappa shape index (κ3) is 4.54. The van der Waals surface area contributed by atoms with Crippen LogP contribution in [0.3, 0.4) is 0 Å². The normalized spacial score (nSPS) is 11.5. The Morgan fingerprint density at radius 2 is 1.00 bits per heavy atom. The third-order valence-electron chi connectivity index (χ3n) is 9.05. The van der Waals surface area contributed by atoms with Gasteiger partial charge in [-0.05, 0) is 86.9 Å². The zero-order chi connectivity index (χ0) is 30.5. The highest BCUT2D eigenvalue weighted by molar-refractivity contribution is 7.25. The van der Waals surface area contributed by atoms with E-state index in [2.05, 4.69) is 181 Å². The van der Waals surface area contributed by atoms with E-state index in [1.807, 2.05) is 11.3 Å². The van der Waals surface area contributed by atoms with E-state index >= 15 is 0 Å². The van der Waals surface area contributed by atoms with Crippen LogP contribution in [0.5, 0.6) is 0 Å². The molecule has 0 aliphatic rings. The summed E-state index contributed by atoms with van der Waals surface area (Å²) in [5.41, 5.74) is 8.33. The second-order valence-corrected chi connectivity index (χ2v) is 12.9. The Morgan fingerprint density at radius 3 is 1.89 bits per heavy atom. The number of anilines is 3. The van der Waals surface area contributed by atoms with Crippen molar-refractivity contribution in [3.8, 4) is 22.3 Å².